The van der Waals surface area contributed by atoms with Crippen LogP contribution in [0.4, 0.5) is 4.39 Å². The molecule has 0 bridgehead atoms. The molecule has 0 amide bonds. The van der Waals surface area contributed by atoms with Crippen LogP contribution in [-0.2, 0) is 17.1 Å². The summed E-state index contributed by atoms with van der Waals surface area (Å²) >= 11 is 5.72. The molecule has 2 heterocycles. The third kappa shape index (κ3) is 3.27. The fourth-order valence-corrected chi connectivity index (χ4v) is 4.64. The van der Waals surface area contributed by atoms with Gasteiger partial charge in [-0.15, -0.1) is 0 Å². The Hall–Kier alpha value is -1.44. The van der Waals surface area contributed by atoms with Gasteiger partial charge in [0.25, 0.3) is 0 Å². The molecule has 1 aromatic heterocycles. The molecule has 0 saturated carbocycles. The van der Waals surface area contributed by atoms with E-state index >= 15 is 0 Å². The Morgan fingerprint density at radius 3 is 2.78 bits per heavy atom. The molecule has 8 heteroatoms. The second-order valence-corrected chi connectivity index (χ2v) is 8.04. The van der Waals surface area contributed by atoms with Gasteiger partial charge in [-0.2, -0.15) is 9.40 Å². The van der Waals surface area contributed by atoms with E-state index in [-0.39, 0.29) is 15.8 Å². The van der Waals surface area contributed by atoms with Crippen molar-refractivity contribution in [1.82, 2.24) is 14.1 Å². The molecular formula is C15H17ClFN3O2S. The lowest BCUT2D eigenvalue weighted by atomic mass is 9.96. The lowest BCUT2D eigenvalue weighted by Crippen LogP contribution is -2.39. The normalized spacial score (nSPS) is 19.9. The smallest absolute Gasteiger partial charge is 0.243 e. The quantitative estimate of drug-likeness (QED) is 0.848. The van der Waals surface area contributed by atoms with Crippen molar-refractivity contribution in [1.29, 1.82) is 0 Å². The summed E-state index contributed by atoms with van der Waals surface area (Å²) in [6.45, 7) is 0.814. The Bertz CT molecular complexity index is 822. The van der Waals surface area contributed by atoms with Gasteiger partial charge in [-0.25, -0.2) is 12.8 Å². The molecule has 0 spiro atoms. The van der Waals surface area contributed by atoms with Crippen LogP contribution in [0.25, 0.3) is 0 Å². The van der Waals surface area contributed by atoms with Gasteiger partial charge in [0.2, 0.25) is 10.0 Å². The number of nitrogens with zero attached hydrogens (tertiary/aromatic N) is 3. The molecule has 2 aromatic rings. The van der Waals surface area contributed by atoms with Crippen molar-refractivity contribution in [3.63, 3.8) is 0 Å². The first-order valence-corrected chi connectivity index (χ1v) is 9.14. The highest BCUT2D eigenvalue weighted by Gasteiger charge is 2.32. The van der Waals surface area contributed by atoms with Gasteiger partial charge < -0.3 is 0 Å². The number of aromatic nitrogens is 2. The van der Waals surface area contributed by atoms with E-state index in [0.29, 0.717) is 13.1 Å². The maximum atomic E-state index is 13.3. The number of hydrogen-bond acceptors (Lipinski definition) is 3. The number of aryl methyl sites for hydroxylation is 1. The summed E-state index contributed by atoms with van der Waals surface area (Å²) in [5, 5.41) is 4.18. The monoisotopic (exact) mass is 357 g/mol. The molecule has 1 saturated heterocycles. The summed E-state index contributed by atoms with van der Waals surface area (Å²) in [5.41, 5.74) is 0.893. The van der Waals surface area contributed by atoms with E-state index in [0.717, 1.165) is 30.7 Å². The van der Waals surface area contributed by atoms with Crippen molar-refractivity contribution in [2.75, 3.05) is 13.1 Å². The van der Waals surface area contributed by atoms with Gasteiger partial charge in [-0.05, 0) is 37.1 Å². The van der Waals surface area contributed by atoms with Crippen LogP contribution in [0.15, 0.2) is 35.4 Å². The van der Waals surface area contributed by atoms with E-state index < -0.39 is 15.8 Å². The molecule has 0 N–H and O–H groups in total. The lowest BCUT2D eigenvalue weighted by molar-refractivity contribution is 0.312. The molecule has 124 valence electrons. The van der Waals surface area contributed by atoms with E-state index in [1.54, 1.807) is 4.68 Å². The van der Waals surface area contributed by atoms with Gasteiger partial charge in [-0.3, -0.25) is 4.68 Å². The highest BCUT2D eigenvalue weighted by atomic mass is 35.5. The minimum Gasteiger partial charge on any atom is -0.276 e. The molecule has 23 heavy (non-hydrogen) atoms. The molecule has 1 fully saturated rings. The second kappa shape index (κ2) is 6.22. The second-order valence-electron chi connectivity index (χ2n) is 5.69. The van der Waals surface area contributed by atoms with E-state index in [1.165, 1.54) is 10.4 Å². The zero-order chi connectivity index (χ0) is 16.6. The van der Waals surface area contributed by atoms with Gasteiger partial charge >= 0.3 is 0 Å². The third-order valence-electron chi connectivity index (χ3n) is 4.07. The number of rotatable bonds is 3. The average molecular weight is 358 g/mol. The van der Waals surface area contributed by atoms with Gasteiger partial charge in [0.1, 0.15) is 5.82 Å². The number of halogens is 2. The van der Waals surface area contributed by atoms with Crippen LogP contribution in [0.3, 0.4) is 0 Å². The van der Waals surface area contributed by atoms with Crippen molar-refractivity contribution in [3.05, 3.63) is 47.0 Å². The molecule has 0 radical (unpaired) electrons. The van der Waals surface area contributed by atoms with E-state index in [4.69, 9.17) is 11.6 Å². The molecule has 1 atom stereocenters. The number of sulfonamides is 1. The first-order valence-electron chi connectivity index (χ1n) is 7.32. The van der Waals surface area contributed by atoms with Crippen LogP contribution in [0.5, 0.6) is 0 Å². The number of benzene rings is 1. The molecular weight excluding hydrogens is 341 g/mol. The predicted molar refractivity (Wildman–Crippen MR) is 85.4 cm³/mol. The van der Waals surface area contributed by atoms with E-state index in [9.17, 15) is 12.8 Å². The Labute approximate surface area is 139 Å². The van der Waals surface area contributed by atoms with Crippen LogP contribution in [0.1, 0.15) is 24.5 Å². The number of hydrogen-bond donors (Lipinski definition) is 0. The first-order chi connectivity index (χ1) is 10.9. The predicted octanol–water partition coefficient (Wildman–Crippen LogP) is 2.78. The highest BCUT2D eigenvalue weighted by Crippen LogP contribution is 2.30. The topological polar surface area (TPSA) is 55.2 Å². The van der Waals surface area contributed by atoms with Gasteiger partial charge in [0.05, 0.1) is 15.6 Å². The van der Waals surface area contributed by atoms with Crippen LogP contribution in [0.2, 0.25) is 5.02 Å². The molecule has 0 aliphatic carbocycles. The summed E-state index contributed by atoms with van der Waals surface area (Å²) in [6.07, 6.45) is 3.51. The van der Waals surface area contributed by atoms with Gasteiger partial charge in [-0.1, -0.05) is 11.6 Å². The van der Waals surface area contributed by atoms with Crippen molar-refractivity contribution in [3.8, 4) is 0 Å². The zero-order valence-corrected chi connectivity index (χ0v) is 14.2. The van der Waals surface area contributed by atoms with E-state index in [2.05, 4.69) is 5.10 Å². The zero-order valence-electron chi connectivity index (χ0n) is 12.6. The molecule has 3 rings (SSSR count). The van der Waals surface area contributed by atoms with Crippen molar-refractivity contribution in [2.24, 2.45) is 7.05 Å². The minimum atomic E-state index is -3.69. The highest BCUT2D eigenvalue weighted by molar-refractivity contribution is 7.89. The van der Waals surface area contributed by atoms with Crippen LogP contribution in [0, 0.1) is 5.82 Å². The summed E-state index contributed by atoms with van der Waals surface area (Å²) in [4.78, 5) is 0.0190. The molecule has 1 aliphatic rings. The Morgan fingerprint density at radius 2 is 2.13 bits per heavy atom. The van der Waals surface area contributed by atoms with Crippen molar-refractivity contribution >= 4 is 21.6 Å². The van der Waals surface area contributed by atoms with Gasteiger partial charge in [0.15, 0.2) is 0 Å². The summed E-state index contributed by atoms with van der Waals surface area (Å²) < 4.78 is 41.9. The van der Waals surface area contributed by atoms with Crippen LogP contribution < -0.4 is 0 Å². The minimum absolute atomic E-state index is 0.0190. The van der Waals surface area contributed by atoms with E-state index in [1.807, 2.05) is 19.3 Å². The van der Waals surface area contributed by atoms with Crippen molar-refractivity contribution < 1.29 is 12.8 Å². The fourth-order valence-electron chi connectivity index (χ4n) is 2.84. The molecule has 5 nitrogen and oxygen atoms in total. The standard InChI is InChI=1S/C15H17ClFN3O2S/c1-19-8-6-15(18-19)11-3-2-7-20(10-11)23(21,22)12-4-5-14(17)13(16)9-12/h4-6,8-9,11H,2-3,7,10H2,1H3/t11-/m0/s1. The Morgan fingerprint density at radius 1 is 1.35 bits per heavy atom. The Balaban J connectivity index is 1.86. The summed E-state index contributed by atoms with van der Waals surface area (Å²) in [5.74, 6) is -0.564. The summed E-state index contributed by atoms with van der Waals surface area (Å²) in [7, 11) is -1.85. The fraction of sp³-hybridized carbons (Fsp3) is 0.400. The number of piperidine rings is 1. The van der Waals surface area contributed by atoms with Crippen LogP contribution in [-0.4, -0.2) is 35.6 Å². The van der Waals surface area contributed by atoms with Crippen LogP contribution >= 0.6 is 11.6 Å². The van der Waals surface area contributed by atoms with Crippen molar-refractivity contribution in [2.45, 2.75) is 23.7 Å². The SMILES string of the molecule is Cn1ccc([C@H]2CCCN(S(=O)(=O)c3ccc(F)c(Cl)c3)C2)n1. The maximum absolute atomic E-state index is 13.3. The molecule has 0 unspecified atom stereocenters. The molecule has 1 aromatic carbocycles. The third-order valence-corrected chi connectivity index (χ3v) is 6.22. The Kier molecular flexibility index (Phi) is 4.44. The van der Waals surface area contributed by atoms with Gasteiger partial charge in [0, 0.05) is 32.3 Å². The largest absolute Gasteiger partial charge is 0.276 e. The summed E-state index contributed by atoms with van der Waals surface area (Å²) in [6, 6.07) is 5.41. The molecule has 1 aliphatic heterocycles. The average Bonchev–Trinajstić information content (AvgIpc) is 2.96. The first kappa shape index (κ1) is 16.4. The maximum Gasteiger partial charge on any atom is 0.243 e. The lowest BCUT2D eigenvalue weighted by Gasteiger charge is -2.31.